The summed E-state index contributed by atoms with van der Waals surface area (Å²) in [5, 5.41) is 2.77. The van der Waals surface area contributed by atoms with E-state index in [1.54, 1.807) is 20.1 Å². The van der Waals surface area contributed by atoms with Crippen LogP contribution in [0.3, 0.4) is 0 Å². The fourth-order valence-corrected chi connectivity index (χ4v) is 4.84. The Morgan fingerprint density at radius 3 is 2.31 bits per heavy atom. The van der Waals surface area contributed by atoms with Crippen molar-refractivity contribution in [3.05, 3.63) is 59.2 Å². The average Bonchev–Trinajstić information content (AvgIpc) is 2.81. The molecule has 0 bridgehead atoms. The van der Waals surface area contributed by atoms with E-state index >= 15 is 0 Å². The molecule has 2 aromatic carbocycles. The third-order valence-electron chi connectivity index (χ3n) is 6.03. The molecule has 2 amide bonds. The first-order valence-electron chi connectivity index (χ1n) is 11.7. The second-order valence-corrected chi connectivity index (χ2v) is 10.5. The number of anilines is 1. The standard InChI is InChI=1S/C26H37N3O5S/c1-7-27-26(31)21(4)28(18-22-13-15-23(34-5)16-14-22)25(30)12-9-17-29(35(6,32)33)24-11-8-10-19(2)20(24)3/h8,10-11,13-16,21H,7,9,12,17-18H2,1-6H3,(H,27,31). The third-order valence-corrected chi connectivity index (χ3v) is 7.21. The summed E-state index contributed by atoms with van der Waals surface area (Å²) >= 11 is 0. The molecule has 1 unspecified atom stereocenters. The number of sulfonamides is 1. The number of rotatable bonds is 12. The van der Waals surface area contributed by atoms with Crippen LogP contribution in [0.2, 0.25) is 0 Å². The quantitative estimate of drug-likeness (QED) is 0.479. The predicted octanol–water partition coefficient (Wildman–Crippen LogP) is 3.41. The van der Waals surface area contributed by atoms with Crippen LogP contribution in [0.1, 0.15) is 43.4 Å². The Balaban J connectivity index is 2.19. The molecule has 0 fully saturated rings. The molecule has 0 radical (unpaired) electrons. The minimum atomic E-state index is -3.54. The summed E-state index contributed by atoms with van der Waals surface area (Å²) in [6.45, 7) is 8.24. The molecule has 9 heteroatoms. The highest BCUT2D eigenvalue weighted by molar-refractivity contribution is 7.92. The molecule has 0 heterocycles. The minimum absolute atomic E-state index is 0.108. The number of likely N-dealkylation sites (N-methyl/N-ethyl adjacent to an activating group) is 1. The zero-order valence-electron chi connectivity index (χ0n) is 21.5. The Bertz CT molecular complexity index is 1120. The van der Waals surface area contributed by atoms with E-state index in [0.717, 1.165) is 16.7 Å². The van der Waals surface area contributed by atoms with Crippen molar-refractivity contribution in [2.45, 2.75) is 53.1 Å². The number of benzene rings is 2. The zero-order chi connectivity index (χ0) is 26.2. The van der Waals surface area contributed by atoms with E-state index in [4.69, 9.17) is 4.74 Å². The molecule has 8 nitrogen and oxygen atoms in total. The van der Waals surface area contributed by atoms with Crippen LogP contribution in [0.4, 0.5) is 5.69 Å². The smallest absolute Gasteiger partial charge is 0.242 e. The molecular formula is C26H37N3O5S. The molecule has 0 aliphatic rings. The Morgan fingerprint density at radius 2 is 1.74 bits per heavy atom. The summed E-state index contributed by atoms with van der Waals surface area (Å²) < 4.78 is 31.6. The first kappa shape index (κ1) is 28.2. The molecule has 1 N–H and O–H groups in total. The van der Waals surface area contributed by atoms with Crippen LogP contribution >= 0.6 is 0 Å². The molecule has 0 aromatic heterocycles. The lowest BCUT2D eigenvalue weighted by atomic mass is 10.1. The number of nitrogens with zero attached hydrogens (tertiary/aromatic N) is 2. The molecule has 0 saturated heterocycles. The fraction of sp³-hybridized carbons (Fsp3) is 0.462. The lowest BCUT2D eigenvalue weighted by Gasteiger charge is -2.29. The van der Waals surface area contributed by atoms with Crippen LogP contribution in [-0.4, -0.2) is 57.6 Å². The maximum atomic E-state index is 13.3. The van der Waals surface area contributed by atoms with Gasteiger partial charge in [-0.25, -0.2) is 8.42 Å². The second kappa shape index (κ2) is 12.6. The van der Waals surface area contributed by atoms with Crippen LogP contribution in [0.25, 0.3) is 0 Å². The van der Waals surface area contributed by atoms with Gasteiger partial charge < -0.3 is 15.0 Å². The zero-order valence-corrected chi connectivity index (χ0v) is 22.3. The molecule has 192 valence electrons. The number of hydrogen-bond acceptors (Lipinski definition) is 5. The molecule has 0 aliphatic heterocycles. The van der Waals surface area contributed by atoms with Gasteiger partial charge in [0.05, 0.1) is 19.1 Å². The van der Waals surface area contributed by atoms with Crippen molar-refractivity contribution in [2.75, 3.05) is 30.8 Å². The fourth-order valence-electron chi connectivity index (χ4n) is 3.82. The van der Waals surface area contributed by atoms with Crippen molar-refractivity contribution in [3.63, 3.8) is 0 Å². The largest absolute Gasteiger partial charge is 0.497 e. The minimum Gasteiger partial charge on any atom is -0.497 e. The summed E-state index contributed by atoms with van der Waals surface area (Å²) in [7, 11) is -1.95. The van der Waals surface area contributed by atoms with Gasteiger partial charge in [-0.15, -0.1) is 0 Å². The number of aryl methyl sites for hydroxylation is 1. The number of carbonyl (C=O) groups excluding carboxylic acids is 2. The van der Waals surface area contributed by atoms with Gasteiger partial charge in [-0.3, -0.25) is 13.9 Å². The maximum Gasteiger partial charge on any atom is 0.242 e. The molecule has 35 heavy (non-hydrogen) atoms. The SMILES string of the molecule is CCNC(=O)C(C)N(Cc1ccc(OC)cc1)C(=O)CCCN(c1cccc(C)c1C)S(C)(=O)=O. The van der Waals surface area contributed by atoms with Gasteiger partial charge in [0.25, 0.3) is 0 Å². The molecule has 0 saturated carbocycles. The predicted molar refractivity (Wildman–Crippen MR) is 139 cm³/mol. The first-order chi connectivity index (χ1) is 16.5. The topological polar surface area (TPSA) is 96.0 Å². The van der Waals surface area contributed by atoms with E-state index < -0.39 is 16.1 Å². The molecule has 0 aliphatic carbocycles. The van der Waals surface area contributed by atoms with Crippen LogP contribution in [0.15, 0.2) is 42.5 Å². The van der Waals surface area contributed by atoms with Gasteiger partial charge in [0.15, 0.2) is 0 Å². The monoisotopic (exact) mass is 503 g/mol. The van der Waals surface area contributed by atoms with Gasteiger partial charge in [0.1, 0.15) is 11.8 Å². The summed E-state index contributed by atoms with van der Waals surface area (Å²) in [5.74, 6) is 0.257. The Labute approximate surface area is 209 Å². The van der Waals surface area contributed by atoms with Gasteiger partial charge in [0, 0.05) is 26.1 Å². The lowest BCUT2D eigenvalue weighted by molar-refractivity contribution is -0.140. The normalized spacial score (nSPS) is 12.1. The molecule has 1 atom stereocenters. The van der Waals surface area contributed by atoms with Crippen LogP contribution in [-0.2, 0) is 26.2 Å². The van der Waals surface area contributed by atoms with Gasteiger partial charge in [-0.1, -0.05) is 24.3 Å². The average molecular weight is 504 g/mol. The van der Waals surface area contributed by atoms with E-state index in [9.17, 15) is 18.0 Å². The summed E-state index contributed by atoms with van der Waals surface area (Å²) in [6.07, 6.45) is 1.60. The van der Waals surface area contributed by atoms with Gasteiger partial charge in [0.2, 0.25) is 21.8 Å². The third kappa shape index (κ3) is 7.71. The molecular weight excluding hydrogens is 466 g/mol. The summed E-state index contributed by atoms with van der Waals surface area (Å²) in [6, 6.07) is 12.2. The van der Waals surface area contributed by atoms with Crippen LogP contribution in [0, 0.1) is 13.8 Å². The lowest BCUT2D eigenvalue weighted by Crippen LogP contribution is -2.47. The highest BCUT2D eigenvalue weighted by Gasteiger charge is 2.26. The van der Waals surface area contributed by atoms with Crippen molar-refractivity contribution < 1.29 is 22.7 Å². The van der Waals surface area contributed by atoms with Crippen LogP contribution in [0.5, 0.6) is 5.75 Å². The summed E-state index contributed by atoms with van der Waals surface area (Å²) in [4.78, 5) is 27.3. The number of nitrogens with one attached hydrogen (secondary N) is 1. The molecule has 2 aromatic rings. The van der Waals surface area contributed by atoms with Gasteiger partial charge in [-0.2, -0.15) is 0 Å². The maximum absolute atomic E-state index is 13.3. The first-order valence-corrected chi connectivity index (χ1v) is 13.6. The van der Waals surface area contributed by atoms with E-state index in [1.807, 2.05) is 57.2 Å². The van der Waals surface area contributed by atoms with Crippen molar-refractivity contribution in [1.82, 2.24) is 10.2 Å². The van der Waals surface area contributed by atoms with Crippen LogP contribution < -0.4 is 14.4 Å². The highest BCUT2D eigenvalue weighted by Crippen LogP contribution is 2.25. The Kier molecular flexibility index (Phi) is 10.1. The Morgan fingerprint density at radius 1 is 1.09 bits per heavy atom. The second-order valence-electron chi connectivity index (χ2n) is 8.60. The number of hydrogen-bond donors (Lipinski definition) is 1. The van der Waals surface area contributed by atoms with Crippen molar-refractivity contribution in [2.24, 2.45) is 0 Å². The van der Waals surface area contributed by atoms with Gasteiger partial charge in [-0.05, 0) is 69.0 Å². The van der Waals surface area contributed by atoms with Crippen molar-refractivity contribution in [1.29, 1.82) is 0 Å². The molecule has 2 rings (SSSR count). The van der Waals surface area contributed by atoms with E-state index in [2.05, 4.69) is 5.32 Å². The van der Waals surface area contributed by atoms with Crippen molar-refractivity contribution in [3.8, 4) is 5.75 Å². The number of amides is 2. The number of carbonyl (C=O) groups is 2. The van der Waals surface area contributed by atoms with E-state index in [0.29, 0.717) is 24.4 Å². The summed E-state index contributed by atoms with van der Waals surface area (Å²) in [5.41, 5.74) is 3.36. The van der Waals surface area contributed by atoms with E-state index in [-0.39, 0.29) is 31.3 Å². The number of ether oxygens (including phenoxy) is 1. The highest BCUT2D eigenvalue weighted by atomic mass is 32.2. The Hall–Kier alpha value is -3.07. The van der Waals surface area contributed by atoms with E-state index in [1.165, 1.54) is 15.5 Å². The number of methoxy groups -OCH3 is 1. The van der Waals surface area contributed by atoms with Crippen molar-refractivity contribution >= 4 is 27.5 Å². The van der Waals surface area contributed by atoms with Gasteiger partial charge >= 0.3 is 0 Å². The molecule has 0 spiro atoms.